The van der Waals surface area contributed by atoms with E-state index in [0.717, 1.165) is 54.3 Å². The molecule has 2 aliphatic rings. The van der Waals surface area contributed by atoms with Crippen LogP contribution in [0.3, 0.4) is 0 Å². The van der Waals surface area contributed by atoms with Crippen LogP contribution < -0.4 is 4.74 Å². The number of nitrogens with one attached hydrogen (secondary N) is 1. The van der Waals surface area contributed by atoms with E-state index in [1.165, 1.54) is 19.3 Å². The van der Waals surface area contributed by atoms with Gasteiger partial charge in [0.2, 0.25) is 5.91 Å². The number of benzene rings is 2. The Morgan fingerprint density at radius 3 is 2.47 bits per heavy atom. The molecule has 5 rings (SSSR count). The molecule has 2 aromatic carbocycles. The van der Waals surface area contributed by atoms with Crippen molar-refractivity contribution < 1.29 is 9.53 Å². The highest BCUT2D eigenvalue weighted by Gasteiger charge is 2.30. The molecule has 0 spiro atoms. The van der Waals surface area contributed by atoms with Gasteiger partial charge in [0.25, 0.3) is 0 Å². The monoisotopic (exact) mass is 580 g/mol. The first kappa shape index (κ1) is 30.4. The normalized spacial score (nSPS) is 17.7. The Morgan fingerprint density at radius 1 is 1.09 bits per heavy atom. The molecule has 1 N–H and O–H groups in total. The summed E-state index contributed by atoms with van der Waals surface area (Å²) < 4.78 is 7.96. The summed E-state index contributed by atoms with van der Waals surface area (Å²) in [5.41, 5.74) is 2.74. The lowest BCUT2D eigenvalue weighted by atomic mass is 9.92. The second-order valence-corrected chi connectivity index (χ2v) is 12.1. The van der Waals surface area contributed by atoms with Crippen LogP contribution in [-0.4, -0.2) is 70.1 Å². The summed E-state index contributed by atoms with van der Waals surface area (Å²) in [5.74, 6) is 2.47. The number of aliphatic imine (C=N–C) groups is 1. The van der Waals surface area contributed by atoms with Gasteiger partial charge in [-0.3, -0.25) is 9.69 Å². The van der Waals surface area contributed by atoms with Crippen molar-refractivity contribution >= 4 is 23.7 Å². The summed E-state index contributed by atoms with van der Waals surface area (Å²) in [4.78, 5) is 22.3. The van der Waals surface area contributed by atoms with Crippen molar-refractivity contribution in [2.24, 2.45) is 10.9 Å². The molecule has 8 heteroatoms. The van der Waals surface area contributed by atoms with Crippen molar-refractivity contribution in [3.05, 3.63) is 72.3 Å². The number of hydrogen-bond acceptors (Lipinski definition) is 6. The van der Waals surface area contributed by atoms with E-state index in [9.17, 15) is 4.79 Å². The molecular formula is C35H44N6O2. The third-order valence-corrected chi connectivity index (χ3v) is 8.27. The van der Waals surface area contributed by atoms with Gasteiger partial charge in [0.05, 0.1) is 11.6 Å². The highest BCUT2D eigenvalue weighted by atomic mass is 16.5. The fourth-order valence-electron chi connectivity index (χ4n) is 5.63. The predicted octanol–water partition coefficient (Wildman–Crippen LogP) is 7.29. The van der Waals surface area contributed by atoms with Gasteiger partial charge in [-0.05, 0) is 82.0 Å². The molecule has 3 aromatic rings. The van der Waals surface area contributed by atoms with Crippen LogP contribution in [0.1, 0.15) is 64.5 Å². The topological polar surface area (TPSA) is 86.8 Å². The fourth-order valence-corrected chi connectivity index (χ4v) is 5.63. The van der Waals surface area contributed by atoms with E-state index in [2.05, 4.69) is 25.8 Å². The van der Waals surface area contributed by atoms with Gasteiger partial charge in [0.15, 0.2) is 5.82 Å². The SMILES string of the molecule is CC(=N)c1c(-c2ccc(Oc3ccccc3)cc2)nn(C2CCCN(C(=O)C=CCN(C)C3CCC3)C2)c1N=CC(C)C. The van der Waals surface area contributed by atoms with Gasteiger partial charge in [-0.25, -0.2) is 9.67 Å². The molecule has 1 aliphatic heterocycles. The Labute approximate surface area is 255 Å². The summed E-state index contributed by atoms with van der Waals surface area (Å²) in [6.07, 6.45) is 11.2. The zero-order valence-electron chi connectivity index (χ0n) is 25.9. The second-order valence-electron chi connectivity index (χ2n) is 12.1. The number of carbonyl (C=O) groups excluding carboxylic acids is 1. The summed E-state index contributed by atoms with van der Waals surface area (Å²) in [6.45, 7) is 8.05. The van der Waals surface area contributed by atoms with Crippen LogP contribution >= 0.6 is 0 Å². The Morgan fingerprint density at radius 2 is 1.81 bits per heavy atom. The van der Waals surface area contributed by atoms with Crippen molar-refractivity contribution in [1.29, 1.82) is 5.41 Å². The van der Waals surface area contributed by atoms with Crippen LogP contribution in [0.25, 0.3) is 11.3 Å². The Bertz CT molecular complexity index is 1450. The van der Waals surface area contributed by atoms with Crippen LogP contribution in [-0.2, 0) is 4.79 Å². The maximum Gasteiger partial charge on any atom is 0.246 e. The maximum atomic E-state index is 13.2. The molecule has 0 bridgehead atoms. The van der Waals surface area contributed by atoms with Gasteiger partial charge in [0, 0.05) is 49.2 Å². The first-order valence-corrected chi connectivity index (χ1v) is 15.5. The number of ether oxygens (including phenoxy) is 1. The van der Waals surface area contributed by atoms with Crippen LogP contribution in [0.2, 0.25) is 0 Å². The van der Waals surface area contributed by atoms with Crippen molar-refractivity contribution in [3.8, 4) is 22.8 Å². The fraction of sp³-hybridized carbons (Fsp3) is 0.429. The van der Waals surface area contributed by atoms with Gasteiger partial charge < -0.3 is 15.0 Å². The molecule has 1 unspecified atom stereocenters. The van der Waals surface area contributed by atoms with Gasteiger partial charge in [-0.2, -0.15) is 5.10 Å². The molecule has 1 amide bonds. The number of amides is 1. The molecule has 43 heavy (non-hydrogen) atoms. The number of likely N-dealkylation sites (tertiary alicyclic amines) is 1. The number of nitrogens with zero attached hydrogens (tertiary/aromatic N) is 5. The zero-order chi connectivity index (χ0) is 30.3. The van der Waals surface area contributed by atoms with E-state index < -0.39 is 0 Å². The molecule has 1 aliphatic carbocycles. The van der Waals surface area contributed by atoms with Crippen molar-refractivity contribution in [2.45, 2.75) is 65.0 Å². The standard InChI is InChI=1S/C35H44N6O2/c1-25(2)23-37-35-33(26(3)36)34(27-17-19-31(20-18-27)43-30-14-6-5-7-15-30)38-41(35)29-13-9-22-40(24-29)32(42)16-10-21-39(4)28-11-8-12-28/h5-7,10,14-20,23,25,28-29,36H,8-9,11-13,21-22,24H2,1-4H3. The van der Waals surface area contributed by atoms with E-state index >= 15 is 0 Å². The maximum absolute atomic E-state index is 13.2. The van der Waals surface area contributed by atoms with Gasteiger partial charge in [-0.1, -0.05) is 44.5 Å². The van der Waals surface area contributed by atoms with Gasteiger partial charge >= 0.3 is 0 Å². The smallest absolute Gasteiger partial charge is 0.246 e. The van der Waals surface area contributed by atoms with Crippen LogP contribution in [0.5, 0.6) is 11.5 Å². The number of carbonyl (C=O) groups is 1. The van der Waals surface area contributed by atoms with Crippen LogP contribution in [0.15, 0.2) is 71.7 Å². The first-order chi connectivity index (χ1) is 20.8. The first-order valence-electron chi connectivity index (χ1n) is 15.5. The van der Waals surface area contributed by atoms with E-state index in [0.29, 0.717) is 24.1 Å². The third kappa shape index (κ3) is 7.49. The molecule has 1 atom stereocenters. The lowest BCUT2D eigenvalue weighted by Gasteiger charge is -2.34. The number of para-hydroxylation sites is 1. The Balaban J connectivity index is 1.40. The molecule has 2 fully saturated rings. The Kier molecular flexibility index (Phi) is 9.87. The minimum absolute atomic E-state index is 0.0319. The summed E-state index contributed by atoms with van der Waals surface area (Å²) in [5, 5.41) is 13.8. The number of piperidine rings is 1. The van der Waals surface area contributed by atoms with E-state index in [1.54, 1.807) is 13.0 Å². The largest absolute Gasteiger partial charge is 0.457 e. The molecule has 0 radical (unpaired) electrons. The average Bonchev–Trinajstić information content (AvgIpc) is 3.36. The van der Waals surface area contributed by atoms with Crippen molar-refractivity contribution in [3.63, 3.8) is 0 Å². The van der Waals surface area contributed by atoms with Gasteiger partial charge in [-0.15, -0.1) is 0 Å². The number of likely N-dealkylation sites (N-methyl/N-ethyl adjacent to an activating group) is 1. The third-order valence-electron chi connectivity index (χ3n) is 8.27. The molecular weight excluding hydrogens is 536 g/mol. The van der Waals surface area contributed by atoms with E-state index in [-0.39, 0.29) is 17.9 Å². The van der Waals surface area contributed by atoms with Gasteiger partial charge in [0.1, 0.15) is 17.2 Å². The minimum atomic E-state index is -0.0319. The molecule has 1 aromatic heterocycles. The highest BCUT2D eigenvalue weighted by Crippen LogP contribution is 2.37. The molecule has 226 valence electrons. The van der Waals surface area contributed by atoms with Crippen LogP contribution in [0.4, 0.5) is 5.82 Å². The Hall–Kier alpha value is -4.04. The van der Waals surface area contributed by atoms with Crippen molar-refractivity contribution in [2.75, 3.05) is 26.7 Å². The summed E-state index contributed by atoms with van der Waals surface area (Å²) in [7, 11) is 2.14. The predicted molar refractivity (Wildman–Crippen MR) is 174 cm³/mol. The van der Waals surface area contributed by atoms with Crippen molar-refractivity contribution in [1.82, 2.24) is 19.6 Å². The summed E-state index contributed by atoms with van der Waals surface area (Å²) >= 11 is 0. The van der Waals surface area contributed by atoms with Crippen LogP contribution in [0, 0.1) is 11.3 Å². The van der Waals surface area contributed by atoms with E-state index in [1.807, 2.05) is 76.5 Å². The molecule has 1 saturated carbocycles. The minimum Gasteiger partial charge on any atom is -0.457 e. The lowest BCUT2D eigenvalue weighted by Crippen LogP contribution is -2.40. The quantitative estimate of drug-likeness (QED) is 0.191. The second kappa shape index (κ2) is 14.0. The zero-order valence-corrected chi connectivity index (χ0v) is 25.9. The molecule has 8 nitrogen and oxygen atoms in total. The number of hydrogen-bond donors (Lipinski definition) is 1. The average molecular weight is 581 g/mol. The van der Waals surface area contributed by atoms with E-state index in [4.69, 9.17) is 20.2 Å². The number of aromatic nitrogens is 2. The molecule has 1 saturated heterocycles. The highest BCUT2D eigenvalue weighted by molar-refractivity contribution is 6.06. The summed E-state index contributed by atoms with van der Waals surface area (Å²) in [6, 6.07) is 18.1. The molecule has 2 heterocycles. The number of rotatable bonds is 11. The lowest BCUT2D eigenvalue weighted by molar-refractivity contribution is -0.127.